The Balaban J connectivity index is 2.30. The molecular formula is C18H23NO2S. The highest BCUT2D eigenvalue weighted by Gasteiger charge is 2.16. The Morgan fingerprint density at radius 2 is 1.73 bits per heavy atom. The molecule has 0 spiro atoms. The number of hydrogen-bond donors (Lipinski definition) is 1. The fourth-order valence-corrected chi connectivity index (χ4v) is 3.48. The fraction of sp³-hybridized carbons (Fsp3) is 0.333. The number of nitrogens with one attached hydrogen (secondary N) is 1. The second-order valence-electron chi connectivity index (χ2n) is 5.61. The van der Waals surface area contributed by atoms with E-state index < -0.39 is 10.0 Å². The molecule has 0 bridgehead atoms. The Morgan fingerprint density at radius 3 is 2.41 bits per heavy atom. The minimum absolute atomic E-state index is 0.306. The molecule has 0 heterocycles. The molecule has 1 N–H and O–H groups in total. The smallest absolute Gasteiger partial charge is 0.261 e. The normalized spacial score (nSPS) is 11.4. The second-order valence-corrected chi connectivity index (χ2v) is 7.29. The van der Waals surface area contributed by atoms with Gasteiger partial charge in [0.25, 0.3) is 10.0 Å². The van der Waals surface area contributed by atoms with E-state index in [1.807, 2.05) is 44.2 Å². The Labute approximate surface area is 133 Å². The quantitative estimate of drug-likeness (QED) is 0.855. The average Bonchev–Trinajstić information content (AvgIpc) is 2.48. The van der Waals surface area contributed by atoms with Crippen molar-refractivity contribution < 1.29 is 8.42 Å². The van der Waals surface area contributed by atoms with Crippen LogP contribution in [0.3, 0.4) is 0 Å². The zero-order valence-corrected chi connectivity index (χ0v) is 14.2. The van der Waals surface area contributed by atoms with Crippen LogP contribution in [-0.2, 0) is 16.4 Å². The van der Waals surface area contributed by atoms with Crippen LogP contribution in [0.2, 0.25) is 0 Å². The maximum absolute atomic E-state index is 12.6. The molecule has 2 aromatic rings. The maximum Gasteiger partial charge on any atom is 0.261 e. The molecule has 22 heavy (non-hydrogen) atoms. The summed E-state index contributed by atoms with van der Waals surface area (Å²) in [5.74, 6) is 0. The van der Waals surface area contributed by atoms with Gasteiger partial charge in [-0.1, -0.05) is 37.6 Å². The zero-order chi connectivity index (χ0) is 16.2. The summed E-state index contributed by atoms with van der Waals surface area (Å²) in [6.07, 6.45) is 3.00. The molecule has 3 nitrogen and oxygen atoms in total. The first-order valence-corrected chi connectivity index (χ1v) is 9.10. The molecule has 0 saturated carbocycles. The molecule has 118 valence electrons. The first-order chi connectivity index (χ1) is 10.4. The number of sulfonamides is 1. The molecule has 0 saturated heterocycles. The van der Waals surface area contributed by atoms with E-state index in [2.05, 4.69) is 11.6 Å². The molecule has 0 aliphatic heterocycles. The van der Waals surface area contributed by atoms with Crippen molar-refractivity contribution in [3.8, 4) is 0 Å². The van der Waals surface area contributed by atoms with Gasteiger partial charge in [0.15, 0.2) is 0 Å². The lowest BCUT2D eigenvalue weighted by molar-refractivity contribution is 0.601. The van der Waals surface area contributed by atoms with Crippen molar-refractivity contribution in [1.82, 2.24) is 0 Å². The molecule has 2 aromatic carbocycles. The van der Waals surface area contributed by atoms with E-state index in [0.29, 0.717) is 10.6 Å². The van der Waals surface area contributed by atoms with Gasteiger partial charge >= 0.3 is 0 Å². The van der Waals surface area contributed by atoms with E-state index in [0.717, 1.165) is 36.0 Å². The number of para-hydroxylation sites is 1. The number of benzene rings is 2. The number of unbranched alkanes of at least 4 members (excludes halogenated alkanes) is 1. The topological polar surface area (TPSA) is 46.2 Å². The summed E-state index contributed by atoms with van der Waals surface area (Å²) in [7, 11) is -3.55. The third-order valence-electron chi connectivity index (χ3n) is 3.85. The Morgan fingerprint density at radius 1 is 1.00 bits per heavy atom. The van der Waals surface area contributed by atoms with Gasteiger partial charge in [-0.3, -0.25) is 4.72 Å². The molecule has 0 radical (unpaired) electrons. The lowest BCUT2D eigenvalue weighted by atomic mass is 10.1. The monoisotopic (exact) mass is 317 g/mol. The molecule has 0 atom stereocenters. The number of hydrogen-bond acceptors (Lipinski definition) is 2. The lowest BCUT2D eigenvalue weighted by Gasteiger charge is -2.13. The predicted molar refractivity (Wildman–Crippen MR) is 91.8 cm³/mol. The van der Waals surface area contributed by atoms with Gasteiger partial charge in [-0.2, -0.15) is 0 Å². The summed E-state index contributed by atoms with van der Waals surface area (Å²) in [6.45, 7) is 6.02. The third kappa shape index (κ3) is 3.89. The molecule has 2 rings (SSSR count). The van der Waals surface area contributed by atoms with Gasteiger partial charge in [-0.15, -0.1) is 0 Å². The Hall–Kier alpha value is -1.81. The van der Waals surface area contributed by atoms with E-state index in [4.69, 9.17) is 0 Å². The SMILES string of the molecule is CCCCc1ccccc1NS(=O)(=O)c1ccc(C)c(C)c1. The highest BCUT2D eigenvalue weighted by molar-refractivity contribution is 7.92. The van der Waals surface area contributed by atoms with Gasteiger partial charge < -0.3 is 0 Å². The Bertz CT molecular complexity index is 751. The standard InChI is InChI=1S/C18H23NO2S/c1-4-5-8-16-9-6-7-10-18(16)19-22(20,21)17-12-11-14(2)15(3)13-17/h6-7,9-13,19H,4-5,8H2,1-3H3. The highest BCUT2D eigenvalue weighted by atomic mass is 32.2. The van der Waals surface area contributed by atoms with Gasteiger partial charge in [0.2, 0.25) is 0 Å². The average molecular weight is 317 g/mol. The van der Waals surface area contributed by atoms with Gasteiger partial charge in [-0.25, -0.2) is 8.42 Å². The summed E-state index contributed by atoms with van der Waals surface area (Å²) >= 11 is 0. The van der Waals surface area contributed by atoms with Crippen LogP contribution in [0.4, 0.5) is 5.69 Å². The number of aryl methyl sites for hydroxylation is 3. The van der Waals surface area contributed by atoms with E-state index in [9.17, 15) is 8.42 Å². The van der Waals surface area contributed by atoms with Crippen molar-refractivity contribution in [3.05, 3.63) is 59.2 Å². The van der Waals surface area contributed by atoms with Crippen molar-refractivity contribution in [1.29, 1.82) is 0 Å². The summed E-state index contributed by atoms with van der Waals surface area (Å²) in [5, 5.41) is 0. The van der Waals surface area contributed by atoms with Crippen LogP contribution < -0.4 is 4.72 Å². The first kappa shape index (κ1) is 16.6. The van der Waals surface area contributed by atoms with Gasteiger partial charge in [0.05, 0.1) is 10.6 Å². The van der Waals surface area contributed by atoms with Crippen LogP contribution in [-0.4, -0.2) is 8.42 Å². The summed E-state index contributed by atoms with van der Waals surface area (Å²) < 4.78 is 27.9. The molecule has 0 aromatic heterocycles. The van der Waals surface area contributed by atoms with Crippen LogP contribution in [0, 0.1) is 13.8 Å². The molecule has 0 unspecified atom stereocenters. The minimum atomic E-state index is -3.55. The van der Waals surface area contributed by atoms with Crippen molar-refractivity contribution >= 4 is 15.7 Å². The summed E-state index contributed by atoms with van der Waals surface area (Å²) in [6, 6.07) is 12.8. The van der Waals surface area contributed by atoms with Crippen molar-refractivity contribution in [2.45, 2.75) is 44.9 Å². The minimum Gasteiger partial charge on any atom is -0.279 e. The molecule has 0 amide bonds. The van der Waals surface area contributed by atoms with Crippen molar-refractivity contribution in [3.63, 3.8) is 0 Å². The molecule has 0 aliphatic rings. The lowest BCUT2D eigenvalue weighted by Crippen LogP contribution is -2.14. The van der Waals surface area contributed by atoms with Crippen molar-refractivity contribution in [2.75, 3.05) is 4.72 Å². The van der Waals surface area contributed by atoms with Crippen molar-refractivity contribution in [2.24, 2.45) is 0 Å². The fourth-order valence-electron chi connectivity index (χ4n) is 2.29. The van der Waals surface area contributed by atoms with Gasteiger partial charge in [-0.05, 0) is 61.6 Å². The largest absolute Gasteiger partial charge is 0.279 e. The van der Waals surface area contributed by atoms with E-state index in [1.54, 1.807) is 12.1 Å². The molecule has 0 aliphatic carbocycles. The maximum atomic E-state index is 12.6. The summed E-state index contributed by atoms with van der Waals surface area (Å²) in [4.78, 5) is 0.306. The zero-order valence-electron chi connectivity index (χ0n) is 13.4. The molecule has 4 heteroatoms. The van der Waals surface area contributed by atoms with Gasteiger partial charge in [0, 0.05) is 0 Å². The predicted octanol–water partition coefficient (Wildman–Crippen LogP) is 4.45. The molecular weight excluding hydrogens is 294 g/mol. The highest BCUT2D eigenvalue weighted by Crippen LogP contribution is 2.22. The van der Waals surface area contributed by atoms with E-state index >= 15 is 0 Å². The van der Waals surface area contributed by atoms with Gasteiger partial charge in [0.1, 0.15) is 0 Å². The van der Waals surface area contributed by atoms with Crippen LogP contribution in [0.1, 0.15) is 36.5 Å². The number of anilines is 1. The van der Waals surface area contributed by atoms with E-state index in [-0.39, 0.29) is 0 Å². The third-order valence-corrected chi connectivity index (χ3v) is 5.21. The van der Waals surface area contributed by atoms with Crippen LogP contribution in [0.15, 0.2) is 47.4 Å². The van der Waals surface area contributed by atoms with Crippen LogP contribution in [0.5, 0.6) is 0 Å². The molecule has 0 fully saturated rings. The van der Waals surface area contributed by atoms with Crippen LogP contribution in [0.25, 0.3) is 0 Å². The summed E-state index contributed by atoms with van der Waals surface area (Å²) in [5.41, 5.74) is 3.77. The first-order valence-electron chi connectivity index (χ1n) is 7.62. The number of rotatable bonds is 6. The Kier molecular flexibility index (Phi) is 5.24. The second kappa shape index (κ2) is 6.97. The van der Waals surface area contributed by atoms with Crippen LogP contribution >= 0.6 is 0 Å². The van der Waals surface area contributed by atoms with E-state index in [1.165, 1.54) is 0 Å².